The number of ketones is 1. The summed E-state index contributed by atoms with van der Waals surface area (Å²) in [5.41, 5.74) is 1.56. The van der Waals surface area contributed by atoms with Crippen LogP contribution >= 0.6 is 0 Å². The number of allylic oxidation sites excluding steroid dienone is 1. The molecule has 0 amide bonds. The van der Waals surface area contributed by atoms with Crippen LogP contribution in [0.2, 0.25) is 0 Å². The average Bonchev–Trinajstić information content (AvgIpc) is 2.99. The number of nitro benzene ring substituents is 1. The number of Topliss-reactive ketones (excluding diaryl/α,β-unsaturated/α-hetero) is 1. The van der Waals surface area contributed by atoms with Gasteiger partial charge in [-0.05, 0) is 44.0 Å². The molecular weight excluding hydrogens is 388 g/mol. The average molecular weight is 410 g/mol. The Morgan fingerprint density at radius 1 is 1.33 bits per heavy atom. The number of benzene rings is 1. The number of H-pyrrole nitrogens is 1. The minimum atomic E-state index is -0.618. The summed E-state index contributed by atoms with van der Waals surface area (Å²) < 4.78 is 5.01. The molecule has 2 rings (SSSR count). The van der Waals surface area contributed by atoms with E-state index in [-0.39, 0.29) is 29.1 Å². The van der Waals surface area contributed by atoms with Gasteiger partial charge in [-0.15, -0.1) is 0 Å². The van der Waals surface area contributed by atoms with Gasteiger partial charge in [-0.2, -0.15) is 5.26 Å². The molecule has 156 valence electrons. The SMILES string of the molecule is CCOC(=O)c1c(C)[nH]c(C(=O)/C(C#N)=C/c2ccc(N(C)C)c([N+](=O)[O-])c2)c1C. The fourth-order valence-electron chi connectivity index (χ4n) is 3.09. The van der Waals surface area contributed by atoms with E-state index in [1.165, 1.54) is 12.1 Å². The van der Waals surface area contributed by atoms with Crippen LogP contribution in [0.25, 0.3) is 6.08 Å². The molecule has 2 aromatic rings. The highest BCUT2D eigenvalue weighted by Crippen LogP contribution is 2.29. The van der Waals surface area contributed by atoms with Crippen molar-refractivity contribution in [2.75, 3.05) is 25.6 Å². The van der Waals surface area contributed by atoms with Crippen molar-refractivity contribution >= 4 is 29.2 Å². The highest BCUT2D eigenvalue weighted by Gasteiger charge is 2.25. The quantitative estimate of drug-likeness (QED) is 0.184. The standard InChI is InChI=1S/C21H22N4O5/c1-6-30-21(27)18-12(2)19(23-13(18)3)20(26)15(11-22)9-14-7-8-16(24(4)5)17(10-14)25(28)29/h7-10,23H,6H2,1-5H3/b15-9+. The first-order chi connectivity index (χ1) is 14.1. The maximum atomic E-state index is 12.9. The molecule has 0 fully saturated rings. The van der Waals surface area contributed by atoms with E-state index >= 15 is 0 Å². The number of aryl methyl sites for hydroxylation is 1. The maximum Gasteiger partial charge on any atom is 0.340 e. The monoisotopic (exact) mass is 410 g/mol. The second kappa shape index (κ2) is 9.05. The molecule has 1 N–H and O–H groups in total. The second-order valence-corrected chi connectivity index (χ2v) is 6.74. The first-order valence-corrected chi connectivity index (χ1v) is 9.10. The van der Waals surface area contributed by atoms with Crippen molar-refractivity contribution in [1.82, 2.24) is 4.98 Å². The molecule has 9 nitrogen and oxygen atoms in total. The molecule has 0 aliphatic carbocycles. The summed E-state index contributed by atoms with van der Waals surface area (Å²) in [5.74, 6) is -1.17. The van der Waals surface area contributed by atoms with Gasteiger partial charge in [-0.25, -0.2) is 4.79 Å². The fraction of sp³-hybridized carbons (Fsp3) is 0.286. The largest absolute Gasteiger partial charge is 0.462 e. The van der Waals surface area contributed by atoms with Crippen LogP contribution in [0.15, 0.2) is 23.8 Å². The number of aromatic amines is 1. The number of rotatable bonds is 7. The molecule has 9 heteroatoms. The van der Waals surface area contributed by atoms with Gasteiger partial charge in [-0.1, -0.05) is 6.07 Å². The Balaban J connectivity index is 2.50. The van der Waals surface area contributed by atoms with Gasteiger partial charge in [0.1, 0.15) is 17.3 Å². The van der Waals surface area contributed by atoms with E-state index in [1.54, 1.807) is 51.9 Å². The number of aromatic nitrogens is 1. The topological polar surface area (TPSA) is 129 Å². The maximum absolute atomic E-state index is 12.9. The number of nitro groups is 1. The van der Waals surface area contributed by atoms with Gasteiger partial charge in [0.15, 0.2) is 0 Å². The number of hydrogen-bond acceptors (Lipinski definition) is 7. The molecular formula is C21H22N4O5. The number of carbonyl (C=O) groups is 2. The van der Waals surface area contributed by atoms with Crippen LogP contribution in [0.1, 0.15) is 44.6 Å². The molecule has 0 saturated heterocycles. The summed E-state index contributed by atoms with van der Waals surface area (Å²) in [6, 6.07) is 6.28. The Kier molecular flexibility index (Phi) is 6.74. The third-order valence-electron chi connectivity index (χ3n) is 4.50. The van der Waals surface area contributed by atoms with Crippen LogP contribution in [0.3, 0.4) is 0 Å². The number of nitriles is 1. The molecule has 0 bridgehead atoms. The van der Waals surface area contributed by atoms with Crippen molar-refractivity contribution in [2.45, 2.75) is 20.8 Å². The van der Waals surface area contributed by atoms with E-state index in [4.69, 9.17) is 4.74 Å². The molecule has 0 unspecified atom stereocenters. The molecule has 1 aromatic heterocycles. The lowest BCUT2D eigenvalue weighted by Gasteiger charge is -2.12. The Morgan fingerprint density at radius 2 is 2.00 bits per heavy atom. The summed E-state index contributed by atoms with van der Waals surface area (Å²) in [7, 11) is 3.36. The summed E-state index contributed by atoms with van der Waals surface area (Å²) >= 11 is 0. The molecule has 30 heavy (non-hydrogen) atoms. The van der Waals surface area contributed by atoms with Crippen molar-refractivity contribution in [1.29, 1.82) is 5.26 Å². The number of nitrogens with one attached hydrogen (secondary N) is 1. The Hall–Kier alpha value is -3.93. The van der Waals surface area contributed by atoms with Gasteiger partial charge < -0.3 is 14.6 Å². The van der Waals surface area contributed by atoms with E-state index in [0.717, 1.165) is 0 Å². The van der Waals surface area contributed by atoms with Crippen LogP contribution in [0.4, 0.5) is 11.4 Å². The number of carbonyl (C=O) groups excluding carboxylic acids is 2. The van der Waals surface area contributed by atoms with Crippen LogP contribution in [-0.2, 0) is 4.74 Å². The van der Waals surface area contributed by atoms with E-state index in [2.05, 4.69) is 4.98 Å². The zero-order valence-corrected chi connectivity index (χ0v) is 17.4. The third kappa shape index (κ3) is 4.38. The molecule has 0 atom stereocenters. The minimum Gasteiger partial charge on any atom is -0.462 e. The number of hydrogen-bond donors (Lipinski definition) is 1. The summed E-state index contributed by atoms with van der Waals surface area (Å²) in [5, 5.41) is 20.9. The Labute approximate surface area is 173 Å². The Morgan fingerprint density at radius 3 is 2.53 bits per heavy atom. The molecule has 1 heterocycles. The van der Waals surface area contributed by atoms with E-state index in [1.807, 2.05) is 6.07 Å². The highest BCUT2D eigenvalue weighted by molar-refractivity contribution is 6.15. The Bertz CT molecular complexity index is 1090. The lowest BCUT2D eigenvalue weighted by Crippen LogP contribution is -2.11. The van der Waals surface area contributed by atoms with Crippen LogP contribution in [0, 0.1) is 35.3 Å². The van der Waals surface area contributed by atoms with Gasteiger partial charge in [0.05, 0.1) is 22.8 Å². The van der Waals surface area contributed by atoms with Gasteiger partial charge >= 0.3 is 5.97 Å². The fourth-order valence-corrected chi connectivity index (χ4v) is 3.09. The van der Waals surface area contributed by atoms with Crippen molar-refractivity contribution in [2.24, 2.45) is 0 Å². The second-order valence-electron chi connectivity index (χ2n) is 6.74. The smallest absolute Gasteiger partial charge is 0.340 e. The summed E-state index contributed by atoms with van der Waals surface area (Å²) in [6.07, 6.45) is 1.29. The number of anilines is 1. The zero-order chi connectivity index (χ0) is 22.6. The number of esters is 1. The first-order valence-electron chi connectivity index (χ1n) is 9.10. The van der Waals surface area contributed by atoms with Crippen molar-refractivity contribution < 1.29 is 19.2 Å². The predicted molar refractivity (Wildman–Crippen MR) is 112 cm³/mol. The first kappa shape index (κ1) is 22.4. The minimum absolute atomic E-state index is 0.0998. The summed E-state index contributed by atoms with van der Waals surface area (Å²) in [6.45, 7) is 5.10. The lowest BCUT2D eigenvalue weighted by molar-refractivity contribution is -0.384. The van der Waals surface area contributed by atoms with Crippen LogP contribution < -0.4 is 4.90 Å². The molecule has 0 saturated carbocycles. The van der Waals surface area contributed by atoms with Crippen molar-refractivity contribution in [3.05, 3.63) is 62.0 Å². The highest BCUT2D eigenvalue weighted by atomic mass is 16.6. The lowest BCUT2D eigenvalue weighted by atomic mass is 10.0. The predicted octanol–water partition coefficient (Wildman–Crippen LogP) is 3.57. The molecule has 0 radical (unpaired) electrons. The van der Waals surface area contributed by atoms with Crippen molar-refractivity contribution in [3.63, 3.8) is 0 Å². The van der Waals surface area contributed by atoms with Crippen LogP contribution in [-0.4, -0.2) is 42.4 Å². The molecule has 0 aliphatic heterocycles. The van der Waals surface area contributed by atoms with E-state index in [0.29, 0.717) is 22.5 Å². The van der Waals surface area contributed by atoms with E-state index < -0.39 is 16.7 Å². The number of nitrogens with zero attached hydrogens (tertiary/aromatic N) is 3. The van der Waals surface area contributed by atoms with Gasteiger partial charge in [0, 0.05) is 25.9 Å². The van der Waals surface area contributed by atoms with Crippen LogP contribution in [0.5, 0.6) is 0 Å². The molecule has 0 aliphatic rings. The van der Waals surface area contributed by atoms with Gasteiger partial charge in [0.2, 0.25) is 5.78 Å². The third-order valence-corrected chi connectivity index (χ3v) is 4.50. The van der Waals surface area contributed by atoms with Gasteiger partial charge in [-0.3, -0.25) is 14.9 Å². The van der Waals surface area contributed by atoms with E-state index in [9.17, 15) is 25.0 Å². The van der Waals surface area contributed by atoms with Crippen molar-refractivity contribution in [3.8, 4) is 6.07 Å². The van der Waals surface area contributed by atoms with Gasteiger partial charge in [0.25, 0.3) is 5.69 Å². The summed E-state index contributed by atoms with van der Waals surface area (Å²) in [4.78, 5) is 40.4. The zero-order valence-electron chi connectivity index (χ0n) is 17.4. The molecule has 0 spiro atoms. The normalized spacial score (nSPS) is 11.0. The number of ether oxygens (including phenoxy) is 1. The molecule has 1 aromatic carbocycles.